The van der Waals surface area contributed by atoms with E-state index in [-0.39, 0.29) is 5.75 Å². The Kier molecular flexibility index (Phi) is 3.37. The molecule has 1 N–H and O–H groups in total. The third kappa shape index (κ3) is 2.49. The van der Waals surface area contributed by atoms with Gasteiger partial charge in [0.1, 0.15) is 5.75 Å². The number of hydrogen-bond donors (Lipinski definition) is 1. The number of hydrogen-bond acceptors (Lipinski definition) is 2. The lowest BCUT2D eigenvalue weighted by Gasteiger charge is -2.04. The van der Waals surface area contributed by atoms with Gasteiger partial charge in [-0.05, 0) is 17.7 Å². The minimum absolute atomic E-state index is 0.0942. The van der Waals surface area contributed by atoms with Gasteiger partial charge >= 0.3 is 0 Å². The van der Waals surface area contributed by atoms with Crippen LogP contribution in [0.15, 0.2) is 59.5 Å². The van der Waals surface area contributed by atoms with Crippen molar-refractivity contribution in [1.82, 2.24) is 0 Å². The van der Waals surface area contributed by atoms with Crippen LogP contribution in [0.5, 0.6) is 5.75 Å². The fraction of sp³-hybridized carbons (Fsp3) is 0.0769. The quantitative estimate of drug-likeness (QED) is 0.883. The summed E-state index contributed by atoms with van der Waals surface area (Å²) in [6.45, 7) is 0. The summed E-state index contributed by atoms with van der Waals surface area (Å²) < 4.78 is 12.0. The highest BCUT2D eigenvalue weighted by Gasteiger charge is 2.08. The molecule has 0 saturated carbocycles. The normalized spacial score (nSPS) is 12.2. The highest BCUT2D eigenvalue weighted by Crippen LogP contribution is 2.21. The molecule has 2 nitrogen and oxygen atoms in total. The van der Waals surface area contributed by atoms with E-state index < -0.39 is 10.8 Å². The van der Waals surface area contributed by atoms with Gasteiger partial charge in [-0.2, -0.15) is 0 Å². The largest absolute Gasteiger partial charge is 0.507 e. The molecule has 0 aliphatic rings. The molecular weight excluding hydrogens is 220 g/mol. The molecule has 0 aliphatic carbocycles. The summed E-state index contributed by atoms with van der Waals surface area (Å²) in [7, 11) is -1.20. The monoisotopic (exact) mass is 232 g/mol. The average molecular weight is 232 g/mol. The van der Waals surface area contributed by atoms with Crippen molar-refractivity contribution in [1.29, 1.82) is 0 Å². The van der Waals surface area contributed by atoms with E-state index in [0.29, 0.717) is 10.6 Å². The number of para-hydroxylation sites is 1. The number of rotatable bonds is 3. The van der Waals surface area contributed by atoms with E-state index in [1.165, 1.54) is 0 Å². The van der Waals surface area contributed by atoms with Gasteiger partial charge in [0, 0.05) is 0 Å². The fourth-order valence-electron chi connectivity index (χ4n) is 1.45. The van der Waals surface area contributed by atoms with E-state index in [1.807, 2.05) is 30.3 Å². The van der Waals surface area contributed by atoms with Gasteiger partial charge in [-0.25, -0.2) is 0 Å². The minimum atomic E-state index is -1.20. The molecule has 0 aromatic heterocycles. The second-order valence-electron chi connectivity index (χ2n) is 3.44. The standard InChI is InChI=1S/C13H12O2S/c14-12-8-4-5-9-13(12)16(15)10-11-6-2-1-3-7-11/h1-9,14H,10H2/t16-/m1/s1. The van der Waals surface area contributed by atoms with Crippen molar-refractivity contribution in [3.05, 3.63) is 60.2 Å². The molecule has 0 bridgehead atoms. The van der Waals surface area contributed by atoms with E-state index in [1.54, 1.807) is 24.3 Å². The summed E-state index contributed by atoms with van der Waals surface area (Å²) in [5.74, 6) is 0.523. The van der Waals surface area contributed by atoms with Gasteiger partial charge in [0.15, 0.2) is 0 Å². The second kappa shape index (κ2) is 4.94. The van der Waals surface area contributed by atoms with Crippen LogP contribution in [-0.2, 0) is 16.6 Å². The van der Waals surface area contributed by atoms with Crippen molar-refractivity contribution in [2.24, 2.45) is 0 Å². The van der Waals surface area contributed by atoms with Crippen LogP contribution in [0.3, 0.4) is 0 Å². The van der Waals surface area contributed by atoms with Gasteiger partial charge in [0.2, 0.25) is 0 Å². The van der Waals surface area contributed by atoms with Crippen molar-refractivity contribution in [3.8, 4) is 5.75 Å². The maximum atomic E-state index is 12.0. The molecule has 2 aromatic rings. The Labute approximate surface area is 97.0 Å². The summed E-state index contributed by atoms with van der Waals surface area (Å²) in [6, 6.07) is 16.3. The Bertz CT molecular complexity index is 494. The zero-order valence-electron chi connectivity index (χ0n) is 8.67. The maximum Gasteiger partial charge on any atom is 0.131 e. The van der Waals surface area contributed by atoms with Gasteiger partial charge in [-0.1, -0.05) is 42.5 Å². The predicted octanol–water partition coefficient (Wildman–Crippen LogP) is 2.70. The third-order valence-electron chi connectivity index (χ3n) is 2.25. The maximum absolute atomic E-state index is 12.0. The van der Waals surface area contributed by atoms with Crippen LogP contribution >= 0.6 is 0 Å². The molecule has 0 fully saturated rings. The van der Waals surface area contributed by atoms with Crippen molar-refractivity contribution >= 4 is 10.8 Å². The van der Waals surface area contributed by atoms with E-state index in [2.05, 4.69) is 0 Å². The summed E-state index contributed by atoms with van der Waals surface area (Å²) in [6.07, 6.45) is 0. The van der Waals surface area contributed by atoms with E-state index in [0.717, 1.165) is 5.56 Å². The molecule has 2 aromatic carbocycles. The topological polar surface area (TPSA) is 37.3 Å². The van der Waals surface area contributed by atoms with Crippen LogP contribution in [0.4, 0.5) is 0 Å². The van der Waals surface area contributed by atoms with E-state index >= 15 is 0 Å². The summed E-state index contributed by atoms with van der Waals surface area (Å²) >= 11 is 0. The lowest BCUT2D eigenvalue weighted by Crippen LogP contribution is -1.96. The molecule has 82 valence electrons. The first-order chi connectivity index (χ1) is 7.77. The van der Waals surface area contributed by atoms with Crippen molar-refractivity contribution < 1.29 is 9.32 Å². The van der Waals surface area contributed by atoms with Crippen molar-refractivity contribution in [2.45, 2.75) is 10.6 Å². The average Bonchev–Trinajstić information content (AvgIpc) is 2.31. The molecule has 0 radical (unpaired) electrons. The van der Waals surface area contributed by atoms with E-state index in [9.17, 15) is 9.32 Å². The molecule has 0 amide bonds. The Morgan fingerprint density at radius 2 is 1.56 bits per heavy atom. The van der Waals surface area contributed by atoms with Crippen LogP contribution in [0, 0.1) is 0 Å². The first kappa shape index (κ1) is 10.9. The highest BCUT2D eigenvalue weighted by atomic mass is 32.2. The number of phenols is 1. The second-order valence-corrected chi connectivity index (χ2v) is 4.86. The molecule has 3 heteroatoms. The molecule has 0 aliphatic heterocycles. The van der Waals surface area contributed by atoms with Crippen LogP contribution in [0.25, 0.3) is 0 Å². The van der Waals surface area contributed by atoms with Gasteiger partial charge < -0.3 is 5.11 Å². The van der Waals surface area contributed by atoms with Gasteiger partial charge in [-0.3, -0.25) is 4.21 Å². The third-order valence-corrected chi connectivity index (χ3v) is 3.68. The summed E-state index contributed by atoms with van der Waals surface area (Å²) in [5, 5.41) is 9.57. The van der Waals surface area contributed by atoms with Gasteiger partial charge in [0.25, 0.3) is 0 Å². The minimum Gasteiger partial charge on any atom is -0.507 e. The Balaban J connectivity index is 2.19. The van der Waals surface area contributed by atoms with Gasteiger partial charge in [-0.15, -0.1) is 0 Å². The molecule has 0 saturated heterocycles. The van der Waals surface area contributed by atoms with Crippen LogP contribution in [-0.4, -0.2) is 9.32 Å². The molecule has 0 heterocycles. The molecule has 16 heavy (non-hydrogen) atoms. The number of phenolic OH excluding ortho intramolecular Hbond substituents is 1. The lowest BCUT2D eigenvalue weighted by molar-refractivity contribution is 0.461. The molecule has 2 rings (SSSR count). The first-order valence-corrected chi connectivity index (χ1v) is 6.29. The van der Waals surface area contributed by atoms with Gasteiger partial charge in [0.05, 0.1) is 21.4 Å². The smallest absolute Gasteiger partial charge is 0.131 e. The fourth-order valence-corrected chi connectivity index (χ4v) is 2.64. The molecular formula is C13H12O2S. The van der Waals surface area contributed by atoms with E-state index in [4.69, 9.17) is 0 Å². The predicted molar refractivity (Wildman–Crippen MR) is 64.7 cm³/mol. The zero-order chi connectivity index (χ0) is 11.4. The highest BCUT2D eigenvalue weighted by molar-refractivity contribution is 7.84. The summed E-state index contributed by atoms with van der Waals surface area (Å²) in [4.78, 5) is 0.492. The number of aromatic hydroxyl groups is 1. The SMILES string of the molecule is O=[S@](Cc1ccccc1)c1ccccc1O. The van der Waals surface area contributed by atoms with Crippen LogP contribution in [0.1, 0.15) is 5.56 Å². The molecule has 1 atom stereocenters. The van der Waals surface area contributed by atoms with Crippen molar-refractivity contribution in [3.63, 3.8) is 0 Å². The van der Waals surface area contributed by atoms with Crippen LogP contribution < -0.4 is 0 Å². The Hall–Kier alpha value is -1.61. The Morgan fingerprint density at radius 1 is 0.938 bits per heavy atom. The van der Waals surface area contributed by atoms with Crippen LogP contribution in [0.2, 0.25) is 0 Å². The molecule has 0 spiro atoms. The first-order valence-electron chi connectivity index (χ1n) is 4.97. The summed E-state index contributed by atoms with van der Waals surface area (Å²) in [5.41, 5.74) is 1.00. The lowest BCUT2D eigenvalue weighted by atomic mass is 10.2. The number of benzene rings is 2. The molecule has 0 unspecified atom stereocenters. The zero-order valence-corrected chi connectivity index (χ0v) is 9.48. The Morgan fingerprint density at radius 3 is 2.25 bits per heavy atom. The van der Waals surface area contributed by atoms with Crippen molar-refractivity contribution in [2.75, 3.05) is 0 Å².